The van der Waals surface area contributed by atoms with E-state index in [1.165, 1.54) is 0 Å². The van der Waals surface area contributed by atoms with E-state index in [0.29, 0.717) is 18.5 Å². The summed E-state index contributed by atoms with van der Waals surface area (Å²) in [4.78, 5) is 11.0. The number of carbonyl (C=O) groups is 1. The first-order chi connectivity index (χ1) is 10.5. The lowest BCUT2D eigenvalue weighted by atomic mass is 10.0. The first-order valence-corrected chi connectivity index (χ1v) is 8.17. The topological polar surface area (TPSA) is 49.3 Å². The average molecular weight is 311 g/mol. The standard InChI is InChI=1S/C16H24FNO2.C2H6/c1-12(2)15(16(19)20)18-11-7-6-10-14(17)13-8-4-3-5-9-13;1-2/h3-5,8-9,12,14-15,18H,6-7,10-11H2,1-2H3,(H,19,20);1-2H3. The first kappa shape index (κ1) is 20.6. The lowest BCUT2D eigenvalue weighted by Gasteiger charge is -2.17. The van der Waals surface area contributed by atoms with Gasteiger partial charge in [-0.2, -0.15) is 0 Å². The van der Waals surface area contributed by atoms with E-state index < -0.39 is 18.2 Å². The summed E-state index contributed by atoms with van der Waals surface area (Å²) in [7, 11) is 0. The Kier molecular flexibility index (Phi) is 11.4. The molecule has 0 aliphatic rings. The van der Waals surface area contributed by atoms with Crippen molar-refractivity contribution < 1.29 is 14.3 Å². The van der Waals surface area contributed by atoms with Crippen molar-refractivity contribution in [2.24, 2.45) is 5.92 Å². The molecule has 0 spiro atoms. The predicted molar refractivity (Wildman–Crippen MR) is 89.8 cm³/mol. The van der Waals surface area contributed by atoms with Crippen LogP contribution < -0.4 is 5.32 Å². The molecule has 0 aromatic heterocycles. The number of halogens is 1. The molecule has 126 valence electrons. The number of alkyl halides is 1. The normalized spacial score (nSPS) is 13.2. The fraction of sp³-hybridized carbons (Fsp3) is 0.611. The Morgan fingerprint density at radius 2 is 1.77 bits per heavy atom. The average Bonchev–Trinajstić information content (AvgIpc) is 2.52. The van der Waals surface area contributed by atoms with E-state index in [9.17, 15) is 9.18 Å². The second-order valence-electron chi connectivity index (χ2n) is 5.39. The third kappa shape index (κ3) is 8.13. The van der Waals surface area contributed by atoms with Crippen LogP contribution in [-0.4, -0.2) is 23.7 Å². The van der Waals surface area contributed by atoms with E-state index in [2.05, 4.69) is 5.32 Å². The number of nitrogens with one attached hydrogen (secondary N) is 1. The van der Waals surface area contributed by atoms with Crippen molar-refractivity contribution in [2.45, 2.75) is 59.2 Å². The Balaban J connectivity index is 0.00000211. The number of benzene rings is 1. The molecule has 2 atom stereocenters. The molecule has 2 N–H and O–H groups in total. The van der Waals surface area contributed by atoms with Crippen LogP contribution in [0.3, 0.4) is 0 Å². The summed E-state index contributed by atoms with van der Waals surface area (Å²) in [6.45, 7) is 8.36. The van der Waals surface area contributed by atoms with Gasteiger partial charge in [-0.15, -0.1) is 0 Å². The number of unbranched alkanes of at least 4 members (excludes halogenated alkanes) is 1. The van der Waals surface area contributed by atoms with Crippen molar-refractivity contribution in [1.29, 1.82) is 0 Å². The molecule has 0 aliphatic heterocycles. The second kappa shape index (κ2) is 12.2. The van der Waals surface area contributed by atoms with E-state index in [4.69, 9.17) is 5.11 Å². The Morgan fingerprint density at radius 1 is 1.18 bits per heavy atom. The van der Waals surface area contributed by atoms with Crippen molar-refractivity contribution in [3.8, 4) is 0 Å². The maximum Gasteiger partial charge on any atom is 0.320 e. The highest BCUT2D eigenvalue weighted by Gasteiger charge is 2.19. The van der Waals surface area contributed by atoms with Gasteiger partial charge in [0.25, 0.3) is 0 Å². The van der Waals surface area contributed by atoms with Crippen LogP contribution in [0, 0.1) is 5.92 Å². The number of hydrogen-bond acceptors (Lipinski definition) is 2. The monoisotopic (exact) mass is 311 g/mol. The fourth-order valence-electron chi connectivity index (χ4n) is 2.14. The van der Waals surface area contributed by atoms with Gasteiger partial charge in [-0.1, -0.05) is 58.0 Å². The molecule has 0 bridgehead atoms. The minimum absolute atomic E-state index is 0.0470. The van der Waals surface area contributed by atoms with E-state index in [1.54, 1.807) is 12.1 Å². The highest BCUT2D eigenvalue weighted by atomic mass is 19.1. The van der Waals surface area contributed by atoms with Crippen LogP contribution in [-0.2, 0) is 4.79 Å². The number of hydrogen-bond donors (Lipinski definition) is 2. The maximum absolute atomic E-state index is 13.9. The molecule has 0 amide bonds. The van der Waals surface area contributed by atoms with Crippen LogP contribution >= 0.6 is 0 Å². The second-order valence-corrected chi connectivity index (χ2v) is 5.39. The molecule has 3 nitrogen and oxygen atoms in total. The molecule has 0 aliphatic carbocycles. The molecule has 2 unspecified atom stereocenters. The zero-order chi connectivity index (χ0) is 17.0. The number of rotatable bonds is 9. The molecule has 0 heterocycles. The zero-order valence-electron chi connectivity index (χ0n) is 14.2. The van der Waals surface area contributed by atoms with Crippen LogP contribution in [0.5, 0.6) is 0 Å². The van der Waals surface area contributed by atoms with Crippen molar-refractivity contribution in [3.63, 3.8) is 0 Å². The molecule has 1 rings (SSSR count). The lowest BCUT2D eigenvalue weighted by Crippen LogP contribution is -2.41. The number of aliphatic carboxylic acids is 1. The van der Waals surface area contributed by atoms with Gasteiger partial charge in [0.2, 0.25) is 0 Å². The van der Waals surface area contributed by atoms with Crippen LogP contribution in [0.4, 0.5) is 4.39 Å². The van der Waals surface area contributed by atoms with Gasteiger partial charge in [-0.25, -0.2) is 4.39 Å². The lowest BCUT2D eigenvalue weighted by molar-refractivity contribution is -0.140. The smallest absolute Gasteiger partial charge is 0.320 e. The van der Waals surface area contributed by atoms with Crippen LogP contribution in [0.1, 0.15) is 58.7 Å². The molecule has 0 saturated heterocycles. The van der Waals surface area contributed by atoms with Crippen molar-refractivity contribution in [3.05, 3.63) is 35.9 Å². The molecule has 0 saturated carbocycles. The molecular formula is C18H30FNO2. The molecule has 0 fully saturated rings. The fourth-order valence-corrected chi connectivity index (χ4v) is 2.14. The van der Waals surface area contributed by atoms with Gasteiger partial charge in [0.1, 0.15) is 12.2 Å². The maximum atomic E-state index is 13.9. The van der Waals surface area contributed by atoms with Crippen LogP contribution in [0.25, 0.3) is 0 Å². The quantitative estimate of drug-likeness (QED) is 0.656. The van der Waals surface area contributed by atoms with Gasteiger partial charge in [0.05, 0.1) is 0 Å². The summed E-state index contributed by atoms with van der Waals surface area (Å²) in [5.74, 6) is -0.779. The molecule has 4 heteroatoms. The van der Waals surface area contributed by atoms with Gasteiger partial charge in [-0.3, -0.25) is 4.79 Å². The van der Waals surface area contributed by atoms with Crippen LogP contribution in [0.2, 0.25) is 0 Å². The third-order valence-corrected chi connectivity index (χ3v) is 3.34. The zero-order valence-corrected chi connectivity index (χ0v) is 14.2. The Morgan fingerprint density at radius 3 is 2.27 bits per heavy atom. The summed E-state index contributed by atoms with van der Waals surface area (Å²) < 4.78 is 13.9. The van der Waals surface area contributed by atoms with Crippen LogP contribution in [0.15, 0.2) is 30.3 Å². The SMILES string of the molecule is CC.CC(C)C(NCCCCC(F)c1ccccc1)C(=O)O. The summed E-state index contributed by atoms with van der Waals surface area (Å²) in [6, 6.07) is 8.61. The van der Waals surface area contributed by atoms with Gasteiger partial charge < -0.3 is 10.4 Å². The van der Waals surface area contributed by atoms with Gasteiger partial charge in [0.15, 0.2) is 0 Å². The predicted octanol–water partition coefficient (Wildman–Crippen LogP) is 4.59. The minimum Gasteiger partial charge on any atom is -0.480 e. The van der Waals surface area contributed by atoms with Crippen molar-refractivity contribution in [1.82, 2.24) is 5.32 Å². The highest BCUT2D eigenvalue weighted by molar-refractivity contribution is 5.73. The van der Waals surface area contributed by atoms with Gasteiger partial charge in [-0.05, 0) is 37.3 Å². The molecule has 1 aromatic carbocycles. The molecule has 22 heavy (non-hydrogen) atoms. The van der Waals surface area contributed by atoms with Gasteiger partial charge >= 0.3 is 5.97 Å². The highest BCUT2D eigenvalue weighted by Crippen LogP contribution is 2.22. The first-order valence-electron chi connectivity index (χ1n) is 8.17. The Hall–Kier alpha value is -1.42. The minimum atomic E-state index is -0.934. The van der Waals surface area contributed by atoms with E-state index in [1.807, 2.05) is 45.9 Å². The summed E-state index contributed by atoms with van der Waals surface area (Å²) in [5, 5.41) is 12.0. The Bertz CT molecular complexity index is 395. The van der Waals surface area contributed by atoms with Crippen molar-refractivity contribution >= 4 is 5.97 Å². The van der Waals surface area contributed by atoms with E-state index >= 15 is 0 Å². The number of carboxylic acid groups (broad SMARTS) is 1. The Labute approximate surface area is 133 Å². The van der Waals surface area contributed by atoms with E-state index in [0.717, 1.165) is 12.8 Å². The number of carboxylic acids is 1. The summed E-state index contributed by atoms with van der Waals surface area (Å²) in [6.07, 6.45) is 1.07. The molecule has 1 aromatic rings. The van der Waals surface area contributed by atoms with Crippen molar-refractivity contribution in [2.75, 3.05) is 6.54 Å². The summed E-state index contributed by atoms with van der Waals surface area (Å²) in [5.41, 5.74) is 0.714. The van der Waals surface area contributed by atoms with E-state index in [-0.39, 0.29) is 5.92 Å². The molecule has 0 radical (unpaired) electrons. The summed E-state index contributed by atoms with van der Waals surface area (Å²) >= 11 is 0. The molecular weight excluding hydrogens is 281 g/mol. The van der Waals surface area contributed by atoms with Gasteiger partial charge in [0, 0.05) is 0 Å². The largest absolute Gasteiger partial charge is 0.480 e. The third-order valence-electron chi connectivity index (χ3n) is 3.34.